The van der Waals surface area contributed by atoms with Crippen LogP contribution in [0.2, 0.25) is 0 Å². The van der Waals surface area contributed by atoms with Crippen molar-refractivity contribution in [3.8, 4) is 6.07 Å². The van der Waals surface area contributed by atoms with Crippen molar-refractivity contribution in [2.75, 3.05) is 12.4 Å². The average Bonchev–Trinajstić information content (AvgIpc) is 3.23. The first kappa shape index (κ1) is 17.4. The molecule has 6 heteroatoms. The van der Waals surface area contributed by atoms with Crippen LogP contribution in [0.5, 0.6) is 0 Å². The van der Waals surface area contributed by atoms with Crippen LogP contribution in [0, 0.1) is 25.2 Å². The molecule has 0 unspecified atom stereocenters. The third-order valence-corrected chi connectivity index (χ3v) is 6.54. The van der Waals surface area contributed by atoms with Crippen LogP contribution in [0.25, 0.3) is 0 Å². The number of hydrogen-bond acceptors (Lipinski definition) is 4. The van der Waals surface area contributed by atoms with Gasteiger partial charge in [-0.15, -0.1) is 0 Å². The van der Waals surface area contributed by atoms with Crippen molar-refractivity contribution < 1.29 is 13.2 Å². The maximum absolute atomic E-state index is 12.2. The maximum Gasteiger partial charge on any atom is 0.214 e. The Kier molecular flexibility index (Phi) is 4.69. The van der Waals surface area contributed by atoms with E-state index < -0.39 is 15.6 Å². The summed E-state index contributed by atoms with van der Waals surface area (Å²) in [5, 5.41) is 9.08. The van der Waals surface area contributed by atoms with E-state index in [0.717, 1.165) is 12.8 Å². The first-order valence-electron chi connectivity index (χ1n) is 8.46. The number of sulfonamides is 1. The normalized spacial score (nSPS) is 24.9. The SMILES string of the molecule is Cc1ccc([C@@H]2C[C@H]2NS(=O)(=O)CCOC2(C#N)CCC2)cc1C. The summed E-state index contributed by atoms with van der Waals surface area (Å²) >= 11 is 0. The Bertz CT molecular complexity index is 763. The highest BCUT2D eigenvalue weighted by Crippen LogP contribution is 2.41. The molecule has 0 saturated heterocycles. The molecule has 2 aliphatic carbocycles. The van der Waals surface area contributed by atoms with E-state index in [-0.39, 0.29) is 24.3 Å². The van der Waals surface area contributed by atoms with Gasteiger partial charge in [0.2, 0.25) is 10.0 Å². The minimum atomic E-state index is -3.38. The lowest BCUT2D eigenvalue weighted by Crippen LogP contribution is -2.40. The largest absolute Gasteiger partial charge is 0.359 e. The molecule has 0 spiro atoms. The Labute approximate surface area is 144 Å². The summed E-state index contributed by atoms with van der Waals surface area (Å²) < 4.78 is 32.6. The fourth-order valence-corrected chi connectivity index (χ4v) is 4.25. The van der Waals surface area contributed by atoms with Crippen LogP contribution in [0.4, 0.5) is 0 Å². The highest BCUT2D eigenvalue weighted by Gasteiger charge is 2.42. The van der Waals surface area contributed by atoms with Crippen molar-refractivity contribution in [1.82, 2.24) is 4.72 Å². The van der Waals surface area contributed by atoms with E-state index in [4.69, 9.17) is 10.00 Å². The molecule has 5 nitrogen and oxygen atoms in total. The van der Waals surface area contributed by atoms with Gasteiger partial charge in [0.25, 0.3) is 0 Å². The highest BCUT2D eigenvalue weighted by atomic mass is 32.2. The Hall–Kier alpha value is -1.42. The van der Waals surface area contributed by atoms with Crippen molar-refractivity contribution in [2.45, 2.75) is 57.1 Å². The fraction of sp³-hybridized carbons (Fsp3) is 0.611. The van der Waals surface area contributed by atoms with Gasteiger partial charge in [-0.3, -0.25) is 0 Å². The van der Waals surface area contributed by atoms with E-state index in [9.17, 15) is 8.42 Å². The first-order valence-corrected chi connectivity index (χ1v) is 10.1. The minimum absolute atomic E-state index is 0.0225. The molecule has 1 aromatic carbocycles. The summed E-state index contributed by atoms with van der Waals surface area (Å²) in [6.45, 7) is 4.22. The summed E-state index contributed by atoms with van der Waals surface area (Å²) in [4.78, 5) is 0. The second kappa shape index (κ2) is 6.47. The molecule has 0 aliphatic heterocycles. The van der Waals surface area contributed by atoms with E-state index in [1.54, 1.807) is 0 Å². The van der Waals surface area contributed by atoms with E-state index in [2.05, 4.69) is 42.8 Å². The Morgan fingerprint density at radius 1 is 1.33 bits per heavy atom. The smallest absolute Gasteiger partial charge is 0.214 e. The molecule has 1 N–H and O–H groups in total. The molecule has 1 aromatic rings. The lowest BCUT2D eigenvalue weighted by Gasteiger charge is -2.34. The van der Waals surface area contributed by atoms with E-state index in [0.29, 0.717) is 12.8 Å². The van der Waals surface area contributed by atoms with Gasteiger partial charge in [-0.05, 0) is 56.2 Å². The number of nitriles is 1. The molecule has 130 valence electrons. The van der Waals surface area contributed by atoms with Crippen molar-refractivity contribution in [3.05, 3.63) is 34.9 Å². The molecule has 2 aliphatic rings. The molecule has 0 amide bonds. The lowest BCUT2D eigenvalue weighted by atomic mass is 9.81. The number of nitrogens with zero attached hydrogens (tertiary/aromatic N) is 1. The van der Waals surface area contributed by atoms with E-state index >= 15 is 0 Å². The van der Waals surface area contributed by atoms with Crippen LogP contribution < -0.4 is 4.72 Å². The zero-order valence-electron chi connectivity index (χ0n) is 14.2. The van der Waals surface area contributed by atoms with Gasteiger partial charge in [0.1, 0.15) is 0 Å². The van der Waals surface area contributed by atoms with Crippen LogP contribution >= 0.6 is 0 Å². The Balaban J connectivity index is 1.49. The van der Waals surface area contributed by atoms with Crippen LogP contribution in [-0.4, -0.2) is 32.4 Å². The highest BCUT2D eigenvalue weighted by molar-refractivity contribution is 7.89. The standard InChI is InChI=1S/C18H24N2O3S/c1-13-4-5-15(10-14(13)2)16-11-17(16)20-24(21,22)9-8-23-18(12-19)6-3-7-18/h4-5,10,16-17,20H,3,6-9,11H2,1-2H3/t16-,17+/m0/s1. The average molecular weight is 348 g/mol. The van der Waals surface area contributed by atoms with Gasteiger partial charge in [-0.25, -0.2) is 13.1 Å². The zero-order valence-corrected chi connectivity index (χ0v) is 15.0. The third kappa shape index (κ3) is 3.80. The molecule has 0 bridgehead atoms. The van der Waals surface area contributed by atoms with Crippen LogP contribution in [0.1, 0.15) is 48.3 Å². The van der Waals surface area contributed by atoms with Crippen molar-refractivity contribution in [3.63, 3.8) is 0 Å². The predicted molar refractivity (Wildman–Crippen MR) is 92.1 cm³/mol. The summed E-state index contributed by atoms with van der Waals surface area (Å²) in [6, 6.07) is 8.44. The number of nitrogens with one attached hydrogen (secondary N) is 1. The summed E-state index contributed by atoms with van der Waals surface area (Å²) in [6.07, 6.45) is 3.21. The van der Waals surface area contributed by atoms with E-state index in [1.165, 1.54) is 16.7 Å². The quantitative estimate of drug-likeness (QED) is 0.821. The maximum atomic E-state index is 12.2. The van der Waals surface area contributed by atoms with Gasteiger partial charge < -0.3 is 4.74 Å². The van der Waals surface area contributed by atoms with Crippen molar-refractivity contribution in [2.24, 2.45) is 0 Å². The molecule has 0 aromatic heterocycles. The monoisotopic (exact) mass is 348 g/mol. The van der Waals surface area contributed by atoms with Crippen LogP contribution in [-0.2, 0) is 14.8 Å². The van der Waals surface area contributed by atoms with Gasteiger partial charge >= 0.3 is 0 Å². The fourth-order valence-electron chi connectivity index (χ4n) is 3.11. The first-order chi connectivity index (χ1) is 11.3. The van der Waals surface area contributed by atoms with Crippen LogP contribution in [0.15, 0.2) is 18.2 Å². The number of ether oxygens (including phenoxy) is 1. The van der Waals surface area contributed by atoms with Gasteiger partial charge in [0.05, 0.1) is 18.4 Å². The van der Waals surface area contributed by atoms with Gasteiger partial charge in [-0.1, -0.05) is 18.2 Å². The molecule has 2 saturated carbocycles. The molecular formula is C18H24N2O3S. The topological polar surface area (TPSA) is 79.2 Å². The zero-order chi connectivity index (χ0) is 17.4. The van der Waals surface area contributed by atoms with Crippen LogP contribution in [0.3, 0.4) is 0 Å². The molecule has 0 radical (unpaired) electrons. The number of rotatable bonds is 7. The molecular weight excluding hydrogens is 324 g/mol. The van der Waals surface area contributed by atoms with E-state index in [1.807, 2.05) is 0 Å². The third-order valence-electron chi connectivity index (χ3n) is 5.18. The molecule has 2 atom stereocenters. The number of benzene rings is 1. The second-order valence-electron chi connectivity index (χ2n) is 7.04. The predicted octanol–water partition coefficient (Wildman–Crippen LogP) is 2.54. The Morgan fingerprint density at radius 3 is 2.67 bits per heavy atom. The van der Waals surface area contributed by atoms with Crippen molar-refractivity contribution in [1.29, 1.82) is 5.26 Å². The summed E-state index contributed by atoms with van der Waals surface area (Å²) in [5.74, 6) is 0.170. The summed E-state index contributed by atoms with van der Waals surface area (Å²) in [7, 11) is -3.38. The van der Waals surface area contributed by atoms with Crippen molar-refractivity contribution >= 4 is 10.0 Å². The Morgan fingerprint density at radius 2 is 2.08 bits per heavy atom. The molecule has 2 fully saturated rings. The summed E-state index contributed by atoms with van der Waals surface area (Å²) in [5.41, 5.74) is 2.93. The minimum Gasteiger partial charge on any atom is -0.359 e. The number of aryl methyl sites for hydroxylation is 2. The lowest BCUT2D eigenvalue weighted by molar-refractivity contribution is -0.0489. The molecule has 3 rings (SSSR count). The van der Waals surface area contributed by atoms with Gasteiger partial charge in [0, 0.05) is 12.0 Å². The van der Waals surface area contributed by atoms with Gasteiger partial charge in [0.15, 0.2) is 5.60 Å². The second-order valence-corrected chi connectivity index (χ2v) is 8.91. The van der Waals surface area contributed by atoms with Gasteiger partial charge in [-0.2, -0.15) is 5.26 Å². The number of hydrogen-bond donors (Lipinski definition) is 1. The molecule has 24 heavy (non-hydrogen) atoms. The molecule has 0 heterocycles.